The summed E-state index contributed by atoms with van der Waals surface area (Å²) in [6.07, 6.45) is 1.87. The number of benzene rings is 3. The van der Waals surface area contributed by atoms with E-state index in [1.54, 1.807) is 18.2 Å². The predicted molar refractivity (Wildman–Crippen MR) is 108 cm³/mol. The first-order valence-corrected chi connectivity index (χ1v) is 9.00. The highest BCUT2D eigenvalue weighted by Gasteiger charge is 2.12. The zero-order chi connectivity index (χ0) is 19.3. The standard InChI is InChI=1S/C22H13ClFN3O/c23-14-4-8-18-16(11-14)17(22(28)27-18)9-12-1-7-19-20(10-12)26-21(25-19)13-2-5-15(24)6-3-13/h1-11,27-28H/b12-9-. The molecule has 1 aromatic heterocycles. The number of nitrogens with zero attached hydrogens (tertiary/aromatic N) is 2. The van der Waals surface area contributed by atoms with Crippen molar-refractivity contribution in [1.29, 1.82) is 0 Å². The van der Waals surface area contributed by atoms with Crippen LogP contribution in [0.1, 0.15) is 11.1 Å². The third-order valence-electron chi connectivity index (χ3n) is 4.65. The van der Waals surface area contributed by atoms with Crippen LogP contribution in [-0.4, -0.2) is 15.9 Å². The number of amidine groups is 1. The molecule has 0 aliphatic carbocycles. The van der Waals surface area contributed by atoms with Crippen molar-refractivity contribution in [3.63, 3.8) is 0 Å². The largest absolute Gasteiger partial charge is 0.494 e. The number of fused-ring (bicyclic) bond motifs is 2. The van der Waals surface area contributed by atoms with Gasteiger partial charge in [-0.25, -0.2) is 14.4 Å². The van der Waals surface area contributed by atoms with Crippen LogP contribution in [0, 0.1) is 5.82 Å². The molecule has 0 unspecified atom stereocenters. The van der Waals surface area contributed by atoms with E-state index in [0.29, 0.717) is 16.4 Å². The van der Waals surface area contributed by atoms with Gasteiger partial charge in [-0.05, 0) is 65.9 Å². The van der Waals surface area contributed by atoms with E-state index in [0.717, 1.165) is 32.7 Å². The minimum Gasteiger partial charge on any atom is -0.494 e. The van der Waals surface area contributed by atoms with Gasteiger partial charge in [-0.3, -0.25) is 0 Å². The number of hydrogen-bond donors (Lipinski definition) is 2. The summed E-state index contributed by atoms with van der Waals surface area (Å²) >= 11 is 6.10. The first-order valence-electron chi connectivity index (χ1n) is 8.62. The Morgan fingerprint density at radius 2 is 1.79 bits per heavy atom. The van der Waals surface area contributed by atoms with E-state index >= 15 is 0 Å². The van der Waals surface area contributed by atoms with Crippen LogP contribution in [0.3, 0.4) is 0 Å². The van der Waals surface area contributed by atoms with Gasteiger partial charge in [0.25, 0.3) is 0 Å². The summed E-state index contributed by atoms with van der Waals surface area (Å²) in [6.45, 7) is 0. The van der Waals surface area contributed by atoms with Gasteiger partial charge in [0.05, 0.1) is 11.0 Å². The fraction of sp³-hybridized carbons (Fsp3) is 0. The number of rotatable bonds is 2. The van der Waals surface area contributed by atoms with E-state index in [4.69, 9.17) is 11.6 Å². The Kier molecular flexibility index (Phi) is 3.77. The van der Waals surface area contributed by atoms with Crippen LogP contribution < -0.4 is 10.6 Å². The number of nitrogens with one attached hydrogen (secondary N) is 1. The Morgan fingerprint density at radius 3 is 2.61 bits per heavy atom. The molecule has 4 aromatic rings. The first kappa shape index (κ1) is 16.7. The molecule has 28 heavy (non-hydrogen) atoms. The zero-order valence-corrected chi connectivity index (χ0v) is 15.2. The summed E-state index contributed by atoms with van der Waals surface area (Å²) < 4.78 is 13.1. The van der Waals surface area contributed by atoms with E-state index < -0.39 is 0 Å². The van der Waals surface area contributed by atoms with Crippen molar-refractivity contribution in [2.24, 2.45) is 9.98 Å². The topological polar surface area (TPSA) is 60.7 Å². The van der Waals surface area contributed by atoms with Crippen molar-refractivity contribution in [3.05, 3.63) is 93.2 Å². The van der Waals surface area contributed by atoms with Gasteiger partial charge in [0, 0.05) is 27.1 Å². The molecule has 0 saturated heterocycles. The lowest BCUT2D eigenvalue weighted by Gasteiger charge is -1.96. The highest BCUT2D eigenvalue weighted by atomic mass is 35.5. The van der Waals surface area contributed by atoms with Gasteiger partial charge < -0.3 is 10.1 Å². The number of aromatic hydroxyl groups is 1. The summed E-state index contributed by atoms with van der Waals surface area (Å²) in [5.74, 6) is 0.335. The maximum atomic E-state index is 13.1. The summed E-state index contributed by atoms with van der Waals surface area (Å²) in [5, 5.41) is 13.3. The highest BCUT2D eigenvalue weighted by molar-refractivity contribution is 6.31. The second kappa shape index (κ2) is 6.32. The molecule has 0 amide bonds. The lowest BCUT2D eigenvalue weighted by Crippen LogP contribution is -2.07. The van der Waals surface area contributed by atoms with Crippen LogP contribution in [-0.2, 0) is 0 Å². The average molecular weight is 390 g/mol. The number of H-pyrrole nitrogens is 1. The third kappa shape index (κ3) is 2.86. The van der Waals surface area contributed by atoms with E-state index in [-0.39, 0.29) is 11.7 Å². The number of halogens is 2. The molecular formula is C22H13ClFN3O. The fourth-order valence-electron chi connectivity index (χ4n) is 3.28. The summed E-state index contributed by atoms with van der Waals surface area (Å²) in [4.78, 5) is 12.0. The van der Waals surface area contributed by atoms with Crippen molar-refractivity contribution >= 4 is 40.1 Å². The molecular weight excluding hydrogens is 377 g/mol. The maximum absolute atomic E-state index is 13.1. The number of hydrogen-bond acceptors (Lipinski definition) is 3. The second-order valence-corrected chi connectivity index (χ2v) is 6.96. The van der Waals surface area contributed by atoms with Crippen LogP contribution in [0.4, 0.5) is 10.1 Å². The summed E-state index contributed by atoms with van der Waals surface area (Å²) in [7, 11) is 0. The lowest BCUT2D eigenvalue weighted by molar-refractivity contribution is 0.457. The quantitative estimate of drug-likeness (QED) is 0.530. The van der Waals surface area contributed by atoms with E-state index in [9.17, 15) is 9.50 Å². The van der Waals surface area contributed by atoms with Crippen molar-refractivity contribution in [2.75, 3.05) is 0 Å². The number of aromatic nitrogens is 1. The molecule has 2 heterocycles. The van der Waals surface area contributed by atoms with Crippen LogP contribution in [0.5, 0.6) is 5.88 Å². The van der Waals surface area contributed by atoms with Crippen molar-refractivity contribution in [3.8, 4) is 5.88 Å². The molecule has 4 nitrogen and oxygen atoms in total. The molecule has 0 spiro atoms. The summed E-state index contributed by atoms with van der Waals surface area (Å²) in [5.41, 5.74) is 2.95. The summed E-state index contributed by atoms with van der Waals surface area (Å²) in [6, 6.07) is 17.2. The molecule has 136 valence electrons. The van der Waals surface area contributed by atoms with Gasteiger partial charge in [0.1, 0.15) is 5.82 Å². The predicted octanol–water partition coefficient (Wildman–Crippen LogP) is 4.21. The van der Waals surface area contributed by atoms with Crippen LogP contribution in [0.15, 0.2) is 70.6 Å². The number of aliphatic imine (C=N–C) groups is 1. The lowest BCUT2D eigenvalue weighted by atomic mass is 10.1. The van der Waals surface area contributed by atoms with Gasteiger partial charge in [0.2, 0.25) is 0 Å². The van der Waals surface area contributed by atoms with Gasteiger partial charge in [-0.15, -0.1) is 0 Å². The minimum atomic E-state index is -0.296. The molecule has 0 atom stereocenters. The third-order valence-corrected chi connectivity index (χ3v) is 4.88. The molecule has 1 aliphatic rings. The van der Waals surface area contributed by atoms with Gasteiger partial charge in [-0.1, -0.05) is 17.7 Å². The van der Waals surface area contributed by atoms with E-state index in [1.165, 1.54) is 12.1 Å². The molecule has 5 rings (SSSR count). The Hall–Kier alpha value is -3.44. The zero-order valence-electron chi connectivity index (χ0n) is 14.4. The molecule has 1 aliphatic heterocycles. The van der Waals surface area contributed by atoms with E-state index in [2.05, 4.69) is 15.0 Å². The van der Waals surface area contributed by atoms with E-state index in [1.807, 2.05) is 36.4 Å². The monoisotopic (exact) mass is 389 g/mol. The Morgan fingerprint density at radius 1 is 0.964 bits per heavy atom. The van der Waals surface area contributed by atoms with Crippen LogP contribution >= 0.6 is 11.6 Å². The van der Waals surface area contributed by atoms with Crippen LogP contribution in [0.25, 0.3) is 17.0 Å². The van der Waals surface area contributed by atoms with Crippen molar-refractivity contribution in [1.82, 2.24) is 4.98 Å². The van der Waals surface area contributed by atoms with Gasteiger partial charge >= 0.3 is 0 Å². The van der Waals surface area contributed by atoms with Crippen LogP contribution in [0.2, 0.25) is 5.02 Å². The smallest absolute Gasteiger partial charge is 0.196 e. The normalized spacial score (nSPS) is 13.5. The average Bonchev–Trinajstić information content (AvgIpc) is 3.23. The molecule has 6 heteroatoms. The van der Waals surface area contributed by atoms with Crippen molar-refractivity contribution < 1.29 is 9.50 Å². The Balaban J connectivity index is 1.60. The number of aromatic amines is 1. The maximum Gasteiger partial charge on any atom is 0.196 e. The minimum absolute atomic E-state index is 0.0814. The molecule has 0 bridgehead atoms. The van der Waals surface area contributed by atoms with Crippen molar-refractivity contribution in [2.45, 2.75) is 0 Å². The molecule has 0 radical (unpaired) electrons. The fourth-order valence-corrected chi connectivity index (χ4v) is 3.45. The Labute approximate surface area is 164 Å². The molecule has 3 aromatic carbocycles. The van der Waals surface area contributed by atoms with Gasteiger partial charge in [0.15, 0.2) is 11.7 Å². The molecule has 2 N–H and O–H groups in total. The first-order chi connectivity index (χ1) is 13.6. The SMILES string of the molecule is Oc1[nH]c2ccc(Cl)cc2c1/C=c1/ccc2c(c1)N=C(c1ccc(F)cc1)N=2. The second-order valence-electron chi connectivity index (χ2n) is 6.52. The Bertz CT molecular complexity index is 1390. The van der Waals surface area contributed by atoms with Gasteiger partial charge in [-0.2, -0.15) is 0 Å². The highest BCUT2D eigenvalue weighted by Crippen LogP contribution is 2.30. The molecule has 0 saturated carbocycles. The molecule has 0 fully saturated rings.